The number of benzene rings is 1. The maximum absolute atomic E-state index is 6.08. The van der Waals surface area contributed by atoms with E-state index in [1.807, 2.05) is 30.5 Å². The van der Waals surface area contributed by atoms with Crippen LogP contribution in [0.15, 0.2) is 71.7 Å². The van der Waals surface area contributed by atoms with E-state index >= 15 is 0 Å². The second kappa shape index (κ2) is 7.37. The van der Waals surface area contributed by atoms with Gasteiger partial charge in [0.15, 0.2) is 11.3 Å². The van der Waals surface area contributed by atoms with Gasteiger partial charge in [0.05, 0.1) is 7.11 Å². The molecule has 1 N–H and O–H groups in total. The molecule has 0 spiro atoms. The fourth-order valence-corrected chi connectivity index (χ4v) is 2.96. The Morgan fingerprint density at radius 1 is 1.00 bits per heavy atom. The smallest absolute Gasteiger partial charge is 0.176 e. The molecule has 5 nitrogen and oxygen atoms in total. The highest BCUT2D eigenvalue weighted by atomic mass is 16.5. The third-order valence-corrected chi connectivity index (χ3v) is 4.27. The molecule has 4 rings (SSSR count). The fraction of sp³-hybridized carbons (Fsp3) is 0.143. The number of rotatable bonds is 6. The summed E-state index contributed by atoms with van der Waals surface area (Å²) in [5.74, 6) is 1.51. The molecule has 0 unspecified atom stereocenters. The van der Waals surface area contributed by atoms with E-state index in [4.69, 9.17) is 9.15 Å². The summed E-state index contributed by atoms with van der Waals surface area (Å²) in [6.07, 6.45) is 7.20. The van der Waals surface area contributed by atoms with Gasteiger partial charge in [-0.3, -0.25) is 9.97 Å². The number of furan rings is 1. The molecule has 0 atom stereocenters. The van der Waals surface area contributed by atoms with E-state index < -0.39 is 0 Å². The molecule has 0 aliphatic heterocycles. The van der Waals surface area contributed by atoms with Crippen LogP contribution in [-0.4, -0.2) is 17.1 Å². The molecule has 1 aromatic carbocycles. The van der Waals surface area contributed by atoms with Gasteiger partial charge >= 0.3 is 0 Å². The van der Waals surface area contributed by atoms with E-state index in [2.05, 4.69) is 33.5 Å². The topological polar surface area (TPSA) is 60.2 Å². The highest BCUT2D eigenvalue weighted by molar-refractivity contribution is 5.90. The van der Waals surface area contributed by atoms with Crippen LogP contribution in [0.3, 0.4) is 0 Å². The first-order chi connectivity index (χ1) is 12.8. The summed E-state index contributed by atoms with van der Waals surface area (Å²) in [7, 11) is 1.65. The number of nitrogens with one attached hydrogen (secondary N) is 1. The van der Waals surface area contributed by atoms with Crippen LogP contribution in [0, 0.1) is 0 Å². The lowest BCUT2D eigenvalue weighted by Gasteiger charge is -2.08. The van der Waals surface area contributed by atoms with Crippen molar-refractivity contribution in [2.45, 2.75) is 13.1 Å². The summed E-state index contributed by atoms with van der Waals surface area (Å²) < 4.78 is 11.5. The van der Waals surface area contributed by atoms with Crippen LogP contribution in [0.4, 0.5) is 0 Å². The SMILES string of the molecule is COc1ccc(CNCc2cccnc2)c2cc(-c3cccnc3)oc12. The summed E-state index contributed by atoms with van der Waals surface area (Å²) in [4.78, 5) is 8.31. The number of hydrogen-bond donors (Lipinski definition) is 1. The summed E-state index contributed by atoms with van der Waals surface area (Å²) in [6, 6.07) is 13.9. The second-order valence-corrected chi connectivity index (χ2v) is 5.99. The molecule has 0 radical (unpaired) electrons. The van der Waals surface area contributed by atoms with E-state index in [-0.39, 0.29) is 0 Å². The molecular weight excluding hydrogens is 326 g/mol. The van der Waals surface area contributed by atoms with Crippen LogP contribution in [0.1, 0.15) is 11.1 Å². The quantitative estimate of drug-likeness (QED) is 0.568. The molecule has 5 heteroatoms. The normalized spacial score (nSPS) is 11.0. The van der Waals surface area contributed by atoms with Crippen LogP contribution in [0.5, 0.6) is 5.75 Å². The van der Waals surface area contributed by atoms with Crippen molar-refractivity contribution in [3.63, 3.8) is 0 Å². The van der Waals surface area contributed by atoms with Crippen LogP contribution in [0.2, 0.25) is 0 Å². The number of pyridine rings is 2. The summed E-state index contributed by atoms with van der Waals surface area (Å²) in [5.41, 5.74) is 4.01. The van der Waals surface area contributed by atoms with Gasteiger partial charge in [0.2, 0.25) is 0 Å². The first-order valence-electron chi connectivity index (χ1n) is 8.44. The minimum atomic E-state index is 0.724. The van der Waals surface area contributed by atoms with E-state index in [1.165, 1.54) is 0 Å². The minimum absolute atomic E-state index is 0.724. The Balaban J connectivity index is 1.63. The van der Waals surface area contributed by atoms with Gasteiger partial charge in [-0.15, -0.1) is 0 Å². The zero-order valence-electron chi connectivity index (χ0n) is 14.5. The zero-order chi connectivity index (χ0) is 17.8. The molecule has 3 heterocycles. The highest BCUT2D eigenvalue weighted by Crippen LogP contribution is 2.35. The van der Waals surface area contributed by atoms with Crippen molar-refractivity contribution >= 4 is 11.0 Å². The van der Waals surface area contributed by atoms with Gasteiger partial charge in [-0.25, -0.2) is 0 Å². The van der Waals surface area contributed by atoms with Crippen LogP contribution in [-0.2, 0) is 13.1 Å². The number of fused-ring (bicyclic) bond motifs is 1. The Labute approximate surface area is 151 Å². The average Bonchev–Trinajstić information content (AvgIpc) is 3.15. The van der Waals surface area contributed by atoms with Crippen molar-refractivity contribution in [3.05, 3.63) is 78.4 Å². The lowest BCUT2D eigenvalue weighted by atomic mass is 10.1. The van der Waals surface area contributed by atoms with Gasteiger partial charge in [0.1, 0.15) is 5.76 Å². The maximum Gasteiger partial charge on any atom is 0.176 e. The molecule has 0 bridgehead atoms. The van der Waals surface area contributed by atoms with Crippen molar-refractivity contribution in [2.24, 2.45) is 0 Å². The van der Waals surface area contributed by atoms with Gasteiger partial charge in [-0.1, -0.05) is 12.1 Å². The number of methoxy groups -OCH3 is 1. The fourth-order valence-electron chi connectivity index (χ4n) is 2.96. The second-order valence-electron chi connectivity index (χ2n) is 5.99. The average molecular weight is 345 g/mol. The van der Waals surface area contributed by atoms with Gasteiger partial charge < -0.3 is 14.5 Å². The molecule has 0 fully saturated rings. The summed E-state index contributed by atoms with van der Waals surface area (Å²) in [6.45, 7) is 1.48. The Morgan fingerprint density at radius 3 is 2.58 bits per heavy atom. The number of nitrogens with zero attached hydrogens (tertiary/aromatic N) is 2. The molecule has 0 aliphatic rings. The minimum Gasteiger partial charge on any atom is -0.493 e. The van der Waals surface area contributed by atoms with Crippen molar-refractivity contribution in [2.75, 3.05) is 7.11 Å². The number of hydrogen-bond acceptors (Lipinski definition) is 5. The molecule has 0 aliphatic carbocycles. The first kappa shape index (κ1) is 16.3. The lowest BCUT2D eigenvalue weighted by molar-refractivity contribution is 0.410. The van der Waals surface area contributed by atoms with Crippen LogP contribution < -0.4 is 10.1 Å². The van der Waals surface area contributed by atoms with E-state index in [9.17, 15) is 0 Å². The largest absolute Gasteiger partial charge is 0.493 e. The molecule has 3 aromatic heterocycles. The van der Waals surface area contributed by atoms with E-state index in [1.54, 1.807) is 25.7 Å². The van der Waals surface area contributed by atoms with Crippen LogP contribution in [0.25, 0.3) is 22.3 Å². The third-order valence-electron chi connectivity index (χ3n) is 4.27. The molecule has 26 heavy (non-hydrogen) atoms. The summed E-state index contributed by atoms with van der Waals surface area (Å²) in [5, 5.41) is 4.51. The van der Waals surface area contributed by atoms with E-state index in [0.717, 1.165) is 52.3 Å². The van der Waals surface area contributed by atoms with Crippen LogP contribution >= 0.6 is 0 Å². The molecule has 4 aromatic rings. The Hall–Kier alpha value is -3.18. The predicted molar refractivity (Wildman–Crippen MR) is 101 cm³/mol. The molecule has 130 valence electrons. The number of aromatic nitrogens is 2. The first-order valence-corrected chi connectivity index (χ1v) is 8.44. The van der Waals surface area contributed by atoms with Gasteiger partial charge in [0, 0.05) is 48.8 Å². The third kappa shape index (κ3) is 3.30. The van der Waals surface area contributed by atoms with Crippen molar-refractivity contribution in [3.8, 4) is 17.1 Å². The van der Waals surface area contributed by atoms with Gasteiger partial charge in [0.25, 0.3) is 0 Å². The molecule has 0 saturated heterocycles. The lowest BCUT2D eigenvalue weighted by Crippen LogP contribution is -2.12. The van der Waals surface area contributed by atoms with Gasteiger partial charge in [-0.2, -0.15) is 0 Å². The Morgan fingerprint density at radius 2 is 1.85 bits per heavy atom. The standard InChI is InChI=1S/C21H19N3O2/c1-25-19-7-6-16(13-24-12-15-4-2-8-22-11-15)18-10-20(26-21(18)19)17-5-3-9-23-14-17/h2-11,14,24H,12-13H2,1H3. The summed E-state index contributed by atoms with van der Waals surface area (Å²) >= 11 is 0. The Bertz CT molecular complexity index is 998. The van der Waals surface area contributed by atoms with Crippen molar-refractivity contribution in [1.29, 1.82) is 0 Å². The molecule has 0 saturated carbocycles. The number of ether oxygens (including phenoxy) is 1. The monoisotopic (exact) mass is 345 g/mol. The van der Waals surface area contributed by atoms with E-state index in [0.29, 0.717) is 0 Å². The molecule has 0 amide bonds. The predicted octanol–water partition coefficient (Wildman–Crippen LogP) is 4.19. The van der Waals surface area contributed by atoms with Gasteiger partial charge in [-0.05, 0) is 41.5 Å². The highest BCUT2D eigenvalue weighted by Gasteiger charge is 2.14. The van der Waals surface area contributed by atoms with Crippen molar-refractivity contribution < 1.29 is 9.15 Å². The maximum atomic E-state index is 6.08. The van der Waals surface area contributed by atoms with Crippen molar-refractivity contribution in [1.82, 2.24) is 15.3 Å². The Kier molecular flexibility index (Phi) is 4.62. The zero-order valence-corrected chi connectivity index (χ0v) is 14.5. The molecular formula is C21H19N3O2.